The maximum Gasteiger partial charge on any atom is 0.243 e. The van der Waals surface area contributed by atoms with Crippen molar-refractivity contribution in [3.63, 3.8) is 0 Å². The van der Waals surface area contributed by atoms with Gasteiger partial charge < -0.3 is 5.32 Å². The van der Waals surface area contributed by atoms with Crippen LogP contribution in [0.2, 0.25) is 0 Å². The lowest BCUT2D eigenvalue weighted by atomic mass is 9.89. The number of hydrogen-bond acceptors (Lipinski definition) is 5. The summed E-state index contributed by atoms with van der Waals surface area (Å²) in [6, 6.07) is 0. The van der Waals surface area contributed by atoms with Gasteiger partial charge >= 0.3 is 0 Å². The Bertz CT molecular complexity index is 587. The smallest absolute Gasteiger partial charge is 0.243 e. The molecular weight excluding hydrogens is 288 g/mol. The fraction of sp³-hybridized carbons (Fsp3) is 0.714. The predicted molar refractivity (Wildman–Crippen MR) is 80.3 cm³/mol. The van der Waals surface area contributed by atoms with Gasteiger partial charge in [0.25, 0.3) is 0 Å². The maximum absolute atomic E-state index is 12.3. The van der Waals surface area contributed by atoms with Crippen molar-refractivity contribution in [3.8, 4) is 0 Å². The Morgan fingerprint density at radius 2 is 2.00 bits per heavy atom. The molecule has 0 aliphatic heterocycles. The van der Waals surface area contributed by atoms with Crippen LogP contribution in [0.5, 0.6) is 0 Å². The molecule has 0 saturated heterocycles. The second kappa shape index (κ2) is 5.88. The first kappa shape index (κ1) is 14.7. The van der Waals surface area contributed by atoms with Crippen LogP contribution in [0.25, 0.3) is 0 Å². The van der Waals surface area contributed by atoms with Crippen LogP contribution in [0.3, 0.4) is 0 Å². The zero-order valence-electron chi connectivity index (χ0n) is 12.2. The fourth-order valence-electron chi connectivity index (χ4n) is 3.63. The van der Waals surface area contributed by atoms with Gasteiger partial charge in [0.2, 0.25) is 16.0 Å². The van der Waals surface area contributed by atoms with E-state index in [2.05, 4.69) is 20.0 Å². The number of fused-ring (bicyclic) bond motifs is 2. The Hall–Kier alpha value is -1.21. The van der Waals surface area contributed by atoms with E-state index in [-0.39, 0.29) is 4.90 Å². The van der Waals surface area contributed by atoms with E-state index in [4.69, 9.17) is 0 Å². The average Bonchev–Trinajstić information content (AvgIpc) is 3.09. The average molecular weight is 310 g/mol. The summed E-state index contributed by atoms with van der Waals surface area (Å²) in [5, 5.41) is 2.94. The van der Waals surface area contributed by atoms with E-state index in [1.165, 1.54) is 38.1 Å². The van der Waals surface area contributed by atoms with Crippen molar-refractivity contribution in [1.82, 2.24) is 14.7 Å². The predicted octanol–water partition coefficient (Wildman–Crippen LogP) is 1.62. The summed E-state index contributed by atoms with van der Waals surface area (Å²) in [6.45, 7) is 3.18. The minimum atomic E-state index is -3.50. The Morgan fingerprint density at radius 3 is 2.57 bits per heavy atom. The molecule has 3 atom stereocenters. The van der Waals surface area contributed by atoms with E-state index in [9.17, 15) is 8.42 Å². The van der Waals surface area contributed by atoms with Crippen LogP contribution in [0, 0.1) is 17.8 Å². The number of aromatic nitrogens is 2. The third-order valence-corrected chi connectivity index (χ3v) is 6.07. The summed E-state index contributed by atoms with van der Waals surface area (Å²) in [4.78, 5) is 8.15. The lowest BCUT2D eigenvalue weighted by molar-refractivity contribution is 0.333. The Labute approximate surface area is 125 Å². The van der Waals surface area contributed by atoms with Gasteiger partial charge in [0.1, 0.15) is 4.90 Å². The van der Waals surface area contributed by atoms with Crippen LogP contribution < -0.4 is 10.0 Å². The highest BCUT2D eigenvalue weighted by atomic mass is 32.2. The molecule has 2 aliphatic carbocycles. The van der Waals surface area contributed by atoms with Gasteiger partial charge in [-0.3, -0.25) is 0 Å². The van der Waals surface area contributed by atoms with Crippen molar-refractivity contribution in [2.75, 3.05) is 18.4 Å². The topological polar surface area (TPSA) is 84.0 Å². The second-order valence-electron chi connectivity index (χ2n) is 6.06. The van der Waals surface area contributed by atoms with Crippen LogP contribution >= 0.6 is 0 Å². The Kier molecular flexibility index (Phi) is 4.12. The van der Waals surface area contributed by atoms with Gasteiger partial charge in [-0.2, -0.15) is 0 Å². The van der Waals surface area contributed by atoms with Crippen molar-refractivity contribution >= 4 is 16.0 Å². The summed E-state index contributed by atoms with van der Waals surface area (Å²) in [5.41, 5.74) is 0. The molecule has 2 aliphatic rings. The first-order valence-electron chi connectivity index (χ1n) is 7.64. The molecule has 2 saturated carbocycles. The van der Waals surface area contributed by atoms with Crippen molar-refractivity contribution in [2.24, 2.45) is 17.8 Å². The van der Waals surface area contributed by atoms with E-state index in [0.717, 1.165) is 5.92 Å². The van der Waals surface area contributed by atoms with Gasteiger partial charge in [-0.25, -0.2) is 23.1 Å². The third-order valence-electron chi connectivity index (χ3n) is 4.69. The first-order chi connectivity index (χ1) is 10.1. The highest BCUT2D eigenvalue weighted by molar-refractivity contribution is 7.89. The monoisotopic (exact) mass is 310 g/mol. The molecule has 6 nitrogen and oxygen atoms in total. The van der Waals surface area contributed by atoms with E-state index < -0.39 is 10.0 Å². The number of nitrogens with one attached hydrogen (secondary N) is 2. The molecule has 0 radical (unpaired) electrons. The standard InChI is InChI=1S/C14H22N4O2S/c1-2-15-14-16-8-13(9-17-14)21(19,20)18-7-12-6-10-3-4-11(12)5-10/h8-12,18H,2-7H2,1H3,(H,15,16,17). The number of nitrogens with zero attached hydrogens (tertiary/aromatic N) is 2. The molecule has 116 valence electrons. The lowest BCUT2D eigenvalue weighted by Crippen LogP contribution is -2.31. The van der Waals surface area contributed by atoms with Gasteiger partial charge in [-0.15, -0.1) is 0 Å². The fourth-order valence-corrected chi connectivity index (χ4v) is 4.61. The minimum Gasteiger partial charge on any atom is -0.355 e. The number of anilines is 1. The first-order valence-corrected chi connectivity index (χ1v) is 9.12. The Balaban J connectivity index is 1.61. The number of rotatable bonds is 6. The van der Waals surface area contributed by atoms with Crippen molar-refractivity contribution < 1.29 is 8.42 Å². The molecule has 3 rings (SSSR count). The van der Waals surface area contributed by atoms with Crippen LogP contribution in [-0.2, 0) is 10.0 Å². The van der Waals surface area contributed by atoms with Gasteiger partial charge in [0.15, 0.2) is 0 Å². The highest BCUT2D eigenvalue weighted by Crippen LogP contribution is 2.48. The molecule has 2 fully saturated rings. The quantitative estimate of drug-likeness (QED) is 0.834. The van der Waals surface area contributed by atoms with Gasteiger partial charge in [0, 0.05) is 13.1 Å². The molecule has 7 heteroatoms. The molecule has 0 amide bonds. The zero-order chi connectivity index (χ0) is 14.9. The zero-order valence-corrected chi connectivity index (χ0v) is 13.1. The Morgan fingerprint density at radius 1 is 1.24 bits per heavy atom. The van der Waals surface area contributed by atoms with Crippen LogP contribution in [0.4, 0.5) is 5.95 Å². The van der Waals surface area contributed by atoms with E-state index >= 15 is 0 Å². The maximum atomic E-state index is 12.3. The molecule has 0 spiro atoms. The molecule has 1 heterocycles. The van der Waals surface area contributed by atoms with E-state index in [0.29, 0.717) is 30.9 Å². The van der Waals surface area contributed by atoms with E-state index in [1.807, 2.05) is 6.92 Å². The summed E-state index contributed by atoms with van der Waals surface area (Å²) in [7, 11) is -3.50. The van der Waals surface area contributed by atoms with Crippen LogP contribution in [0.1, 0.15) is 32.6 Å². The van der Waals surface area contributed by atoms with Crippen molar-refractivity contribution in [2.45, 2.75) is 37.5 Å². The summed E-state index contributed by atoms with van der Waals surface area (Å²) < 4.78 is 27.2. The molecule has 2 N–H and O–H groups in total. The summed E-state index contributed by atoms with van der Waals surface area (Å²) in [6.07, 6.45) is 7.75. The second-order valence-corrected chi connectivity index (χ2v) is 7.83. The largest absolute Gasteiger partial charge is 0.355 e. The molecular formula is C14H22N4O2S. The normalized spacial score (nSPS) is 28.0. The SMILES string of the molecule is CCNc1ncc(S(=O)(=O)NCC2CC3CCC2C3)cn1. The summed E-state index contributed by atoms with van der Waals surface area (Å²) in [5.74, 6) is 2.49. The number of hydrogen-bond donors (Lipinski definition) is 2. The number of sulfonamides is 1. The highest BCUT2D eigenvalue weighted by Gasteiger charge is 2.39. The van der Waals surface area contributed by atoms with Crippen molar-refractivity contribution in [3.05, 3.63) is 12.4 Å². The van der Waals surface area contributed by atoms with Crippen LogP contribution in [-0.4, -0.2) is 31.5 Å². The summed E-state index contributed by atoms with van der Waals surface area (Å²) >= 11 is 0. The molecule has 0 aromatic carbocycles. The minimum absolute atomic E-state index is 0.132. The third kappa shape index (κ3) is 3.18. The van der Waals surface area contributed by atoms with Gasteiger partial charge in [-0.1, -0.05) is 6.42 Å². The van der Waals surface area contributed by atoms with Gasteiger partial charge in [-0.05, 0) is 43.9 Å². The van der Waals surface area contributed by atoms with Crippen molar-refractivity contribution in [1.29, 1.82) is 0 Å². The lowest BCUT2D eigenvalue weighted by Gasteiger charge is -2.21. The molecule has 21 heavy (non-hydrogen) atoms. The molecule has 3 unspecified atom stereocenters. The molecule has 1 aromatic rings. The molecule has 2 bridgehead atoms. The van der Waals surface area contributed by atoms with E-state index in [1.54, 1.807) is 0 Å². The molecule has 1 aromatic heterocycles. The van der Waals surface area contributed by atoms with Crippen LogP contribution in [0.15, 0.2) is 17.3 Å². The van der Waals surface area contributed by atoms with Gasteiger partial charge in [0.05, 0.1) is 12.4 Å².